The minimum absolute atomic E-state index is 0.153. The third kappa shape index (κ3) is 7.43. The first kappa shape index (κ1) is 23.9. The molecule has 1 N–H and O–H groups in total. The molecule has 1 amide bonds. The van der Waals surface area contributed by atoms with Gasteiger partial charge in [0.25, 0.3) is 5.91 Å². The van der Waals surface area contributed by atoms with Crippen LogP contribution in [-0.4, -0.2) is 40.9 Å². The fourth-order valence-corrected chi connectivity index (χ4v) is 3.57. The van der Waals surface area contributed by atoms with E-state index in [0.29, 0.717) is 28.6 Å². The second kappa shape index (κ2) is 11.8. The highest BCUT2D eigenvalue weighted by atomic mass is 32.2. The number of hydrazone groups is 1. The summed E-state index contributed by atoms with van der Waals surface area (Å²) in [7, 11) is 1.35. The van der Waals surface area contributed by atoms with Crippen LogP contribution in [0.3, 0.4) is 0 Å². The van der Waals surface area contributed by atoms with Gasteiger partial charge in [0.05, 0.1) is 24.6 Å². The van der Waals surface area contributed by atoms with Gasteiger partial charge in [-0.2, -0.15) is 5.10 Å². The van der Waals surface area contributed by atoms with Gasteiger partial charge in [-0.3, -0.25) is 4.79 Å². The van der Waals surface area contributed by atoms with E-state index in [4.69, 9.17) is 9.47 Å². The van der Waals surface area contributed by atoms with Crippen LogP contribution in [0.25, 0.3) is 0 Å². The minimum atomic E-state index is -0.383. The predicted octanol–water partition coefficient (Wildman–Crippen LogP) is 3.70. The molecule has 9 heteroatoms. The van der Waals surface area contributed by atoms with Crippen LogP contribution in [0.1, 0.15) is 32.9 Å². The number of esters is 1. The van der Waals surface area contributed by atoms with Crippen molar-refractivity contribution in [3.63, 3.8) is 0 Å². The lowest BCUT2D eigenvalue weighted by molar-refractivity contribution is -0.118. The normalized spacial score (nSPS) is 10.8. The van der Waals surface area contributed by atoms with Crippen molar-refractivity contribution in [3.05, 3.63) is 82.7 Å². The fraction of sp³-hybridized carbons (Fsp3) is 0.208. The van der Waals surface area contributed by atoms with Crippen LogP contribution < -0.4 is 10.2 Å². The molecule has 1 heterocycles. The van der Waals surface area contributed by atoms with Crippen LogP contribution in [0.15, 0.2) is 64.9 Å². The first-order valence-electron chi connectivity index (χ1n) is 10.1. The number of para-hydroxylation sites is 1. The molecule has 3 rings (SSSR count). The number of rotatable bonds is 9. The zero-order valence-electron chi connectivity index (χ0n) is 18.6. The summed E-state index contributed by atoms with van der Waals surface area (Å²) in [5.74, 6) is 0.125. The number of benzene rings is 2. The Kier molecular flexibility index (Phi) is 8.54. The molecule has 0 atom stereocenters. The third-order valence-electron chi connectivity index (χ3n) is 4.38. The van der Waals surface area contributed by atoms with Crippen LogP contribution in [0, 0.1) is 13.8 Å². The number of amides is 1. The molecule has 8 nitrogen and oxygen atoms in total. The van der Waals surface area contributed by atoms with Gasteiger partial charge in [0.2, 0.25) is 0 Å². The number of hydrogen-bond acceptors (Lipinski definition) is 8. The first-order valence-corrected chi connectivity index (χ1v) is 11.1. The van der Waals surface area contributed by atoms with Crippen LogP contribution in [0.4, 0.5) is 0 Å². The quantitative estimate of drug-likeness (QED) is 0.169. The van der Waals surface area contributed by atoms with Crippen LogP contribution in [0.2, 0.25) is 0 Å². The molecule has 0 saturated heterocycles. The Morgan fingerprint density at radius 3 is 2.45 bits per heavy atom. The van der Waals surface area contributed by atoms with E-state index in [1.54, 1.807) is 24.3 Å². The molecule has 0 saturated carbocycles. The van der Waals surface area contributed by atoms with Crippen LogP contribution >= 0.6 is 11.8 Å². The summed E-state index contributed by atoms with van der Waals surface area (Å²) in [6.07, 6.45) is 1.53. The highest BCUT2D eigenvalue weighted by Crippen LogP contribution is 2.18. The van der Waals surface area contributed by atoms with Gasteiger partial charge in [-0.1, -0.05) is 36.0 Å². The number of carbonyl (C=O) groups excluding carboxylic acids is 2. The van der Waals surface area contributed by atoms with Crippen molar-refractivity contribution in [3.8, 4) is 5.75 Å². The SMILES string of the molecule is COC(=O)c1ccc(COc2ccccc2/C=N/NC(=O)CSc2nc(C)cc(C)n2)cc1. The Labute approximate surface area is 196 Å². The average Bonchev–Trinajstić information content (AvgIpc) is 2.81. The van der Waals surface area contributed by atoms with Crippen molar-refractivity contribution in [1.29, 1.82) is 0 Å². The van der Waals surface area contributed by atoms with Gasteiger partial charge < -0.3 is 9.47 Å². The maximum Gasteiger partial charge on any atom is 0.337 e. The molecule has 0 fully saturated rings. The molecule has 0 aliphatic rings. The smallest absolute Gasteiger partial charge is 0.337 e. The Morgan fingerprint density at radius 2 is 1.76 bits per heavy atom. The second-order valence-corrected chi connectivity index (χ2v) is 7.97. The zero-order chi connectivity index (χ0) is 23.6. The summed E-state index contributed by atoms with van der Waals surface area (Å²) in [5.41, 5.74) is 6.32. The van der Waals surface area contributed by atoms with Crippen molar-refractivity contribution in [2.75, 3.05) is 12.9 Å². The van der Waals surface area contributed by atoms with Gasteiger partial charge in [0.1, 0.15) is 12.4 Å². The topological polar surface area (TPSA) is 103 Å². The van der Waals surface area contributed by atoms with Gasteiger partial charge in [0, 0.05) is 17.0 Å². The number of carbonyl (C=O) groups is 2. The molecule has 0 spiro atoms. The van der Waals surface area contributed by atoms with E-state index in [-0.39, 0.29) is 17.6 Å². The number of aryl methyl sites for hydroxylation is 2. The van der Waals surface area contributed by atoms with E-state index in [9.17, 15) is 9.59 Å². The molecule has 0 unspecified atom stereocenters. The van der Waals surface area contributed by atoms with Crippen molar-refractivity contribution in [2.45, 2.75) is 25.6 Å². The van der Waals surface area contributed by atoms with E-state index in [1.807, 2.05) is 44.2 Å². The molecule has 33 heavy (non-hydrogen) atoms. The van der Waals surface area contributed by atoms with Crippen molar-refractivity contribution in [2.24, 2.45) is 5.10 Å². The van der Waals surface area contributed by atoms with Crippen molar-refractivity contribution in [1.82, 2.24) is 15.4 Å². The molecule has 1 aromatic heterocycles. The summed E-state index contributed by atoms with van der Waals surface area (Å²) in [4.78, 5) is 32.2. The van der Waals surface area contributed by atoms with E-state index >= 15 is 0 Å². The van der Waals surface area contributed by atoms with Crippen LogP contribution in [-0.2, 0) is 16.1 Å². The Morgan fingerprint density at radius 1 is 1.06 bits per heavy atom. The van der Waals surface area contributed by atoms with Gasteiger partial charge in [-0.05, 0) is 49.7 Å². The molecular weight excluding hydrogens is 440 g/mol. The third-order valence-corrected chi connectivity index (χ3v) is 5.22. The lowest BCUT2D eigenvalue weighted by atomic mass is 10.1. The summed E-state index contributed by atoms with van der Waals surface area (Å²) in [6, 6.07) is 16.2. The van der Waals surface area contributed by atoms with Crippen LogP contribution in [0.5, 0.6) is 5.75 Å². The Bertz CT molecular complexity index is 1130. The summed E-state index contributed by atoms with van der Waals surface area (Å²) in [5, 5.41) is 4.60. The lowest BCUT2D eigenvalue weighted by Gasteiger charge is -2.09. The molecule has 3 aromatic rings. The fourth-order valence-electron chi connectivity index (χ4n) is 2.83. The van der Waals surface area contributed by atoms with E-state index in [0.717, 1.165) is 17.0 Å². The Balaban J connectivity index is 1.53. The van der Waals surface area contributed by atoms with E-state index in [2.05, 4.69) is 20.5 Å². The van der Waals surface area contributed by atoms with Crippen molar-refractivity contribution < 1.29 is 19.1 Å². The van der Waals surface area contributed by atoms with Gasteiger partial charge >= 0.3 is 5.97 Å². The van der Waals surface area contributed by atoms with Gasteiger partial charge in [0.15, 0.2) is 5.16 Å². The second-order valence-electron chi connectivity index (χ2n) is 7.03. The number of methoxy groups -OCH3 is 1. The van der Waals surface area contributed by atoms with Gasteiger partial charge in [-0.15, -0.1) is 0 Å². The predicted molar refractivity (Wildman–Crippen MR) is 127 cm³/mol. The maximum absolute atomic E-state index is 12.1. The molecule has 0 aliphatic carbocycles. The molecule has 170 valence electrons. The number of nitrogens with one attached hydrogen (secondary N) is 1. The molecular formula is C24H24N4O4S. The molecule has 0 aliphatic heterocycles. The van der Waals surface area contributed by atoms with Gasteiger partial charge in [-0.25, -0.2) is 20.2 Å². The maximum atomic E-state index is 12.1. The molecule has 0 bridgehead atoms. The highest BCUT2D eigenvalue weighted by Gasteiger charge is 2.07. The van der Waals surface area contributed by atoms with Crippen molar-refractivity contribution >= 4 is 29.9 Å². The molecule has 2 aromatic carbocycles. The summed E-state index contributed by atoms with van der Waals surface area (Å²) >= 11 is 1.25. The highest BCUT2D eigenvalue weighted by molar-refractivity contribution is 7.99. The molecule has 0 radical (unpaired) electrons. The number of nitrogens with zero attached hydrogens (tertiary/aromatic N) is 3. The largest absolute Gasteiger partial charge is 0.488 e. The van der Waals surface area contributed by atoms with E-state index < -0.39 is 0 Å². The Hall–Kier alpha value is -3.72. The number of aromatic nitrogens is 2. The number of hydrogen-bond donors (Lipinski definition) is 1. The number of thioether (sulfide) groups is 1. The summed E-state index contributed by atoms with van der Waals surface area (Å²) in [6.45, 7) is 4.09. The monoisotopic (exact) mass is 464 g/mol. The number of ether oxygens (including phenoxy) is 2. The minimum Gasteiger partial charge on any atom is -0.488 e. The average molecular weight is 465 g/mol. The first-order chi connectivity index (χ1) is 15.9. The summed E-state index contributed by atoms with van der Waals surface area (Å²) < 4.78 is 10.6. The standard InChI is InChI=1S/C24H24N4O4S/c1-16-12-17(2)27-24(26-16)33-15-22(29)28-25-13-20-6-4-5-7-21(20)32-14-18-8-10-19(11-9-18)23(30)31-3/h4-13H,14-15H2,1-3H3,(H,28,29)/b25-13+. The zero-order valence-corrected chi connectivity index (χ0v) is 19.4. The van der Waals surface area contributed by atoms with E-state index in [1.165, 1.54) is 25.1 Å². The lowest BCUT2D eigenvalue weighted by Crippen LogP contribution is -2.20.